The van der Waals surface area contributed by atoms with E-state index in [9.17, 15) is 4.79 Å². The van der Waals surface area contributed by atoms with Gasteiger partial charge in [-0.2, -0.15) is 5.10 Å². The highest BCUT2D eigenvalue weighted by molar-refractivity contribution is 9.10. The fourth-order valence-electron chi connectivity index (χ4n) is 1.55. The zero-order chi connectivity index (χ0) is 11.4. The van der Waals surface area contributed by atoms with Crippen LogP contribution in [-0.4, -0.2) is 15.6 Å². The first kappa shape index (κ1) is 12.4. The molecule has 0 amide bonds. The Hall–Kier alpha value is -0.640. The molecule has 0 saturated carbocycles. The second-order valence-electron chi connectivity index (χ2n) is 3.58. The molecule has 0 aliphatic heterocycles. The van der Waals surface area contributed by atoms with Gasteiger partial charge in [-0.3, -0.25) is 4.68 Å². The highest BCUT2D eigenvalue weighted by Crippen LogP contribution is 2.23. The van der Waals surface area contributed by atoms with Gasteiger partial charge in [0.25, 0.3) is 0 Å². The van der Waals surface area contributed by atoms with Crippen LogP contribution in [0, 0.1) is 0 Å². The third-order valence-corrected chi connectivity index (χ3v) is 3.32. The molecule has 0 fully saturated rings. The van der Waals surface area contributed by atoms with E-state index in [4.69, 9.17) is 0 Å². The molecule has 0 radical (unpaired) electrons. The van der Waals surface area contributed by atoms with E-state index >= 15 is 0 Å². The van der Waals surface area contributed by atoms with Gasteiger partial charge >= 0.3 is 0 Å². The minimum atomic E-state index is 0.226. The lowest BCUT2D eigenvalue weighted by Gasteiger charge is -2.03. The second-order valence-corrected chi connectivity index (χ2v) is 4.37. The van der Waals surface area contributed by atoms with Crippen LogP contribution in [0.2, 0.25) is 0 Å². The van der Waals surface area contributed by atoms with Gasteiger partial charge in [0.05, 0.1) is 15.9 Å². The first-order chi connectivity index (χ1) is 7.10. The molecule has 0 saturated heterocycles. The Kier molecular flexibility index (Phi) is 4.51. The van der Waals surface area contributed by atoms with E-state index in [1.54, 1.807) is 6.92 Å². The number of carbonyl (C=O) groups is 1. The highest BCUT2D eigenvalue weighted by Gasteiger charge is 2.13. The topological polar surface area (TPSA) is 34.9 Å². The summed E-state index contributed by atoms with van der Waals surface area (Å²) in [7, 11) is 0. The first-order valence-corrected chi connectivity index (χ1v) is 6.12. The quantitative estimate of drug-likeness (QED) is 0.826. The van der Waals surface area contributed by atoms with Gasteiger partial charge in [0.15, 0.2) is 0 Å². The molecule has 15 heavy (non-hydrogen) atoms. The summed E-state index contributed by atoms with van der Waals surface area (Å²) in [6, 6.07) is 0. The Morgan fingerprint density at radius 1 is 1.47 bits per heavy atom. The van der Waals surface area contributed by atoms with Gasteiger partial charge in [0.2, 0.25) is 0 Å². The lowest BCUT2D eigenvalue weighted by atomic mass is 10.2. The Morgan fingerprint density at radius 3 is 2.60 bits per heavy atom. The van der Waals surface area contributed by atoms with Gasteiger partial charge in [0, 0.05) is 13.0 Å². The number of nitrogens with zero attached hydrogens (tertiary/aromatic N) is 2. The molecule has 0 aliphatic rings. The highest BCUT2D eigenvalue weighted by atomic mass is 79.9. The number of hydrogen-bond acceptors (Lipinski definition) is 2. The number of aryl methyl sites for hydroxylation is 2. The van der Waals surface area contributed by atoms with Crippen LogP contribution in [0.15, 0.2) is 4.47 Å². The lowest BCUT2D eigenvalue weighted by molar-refractivity contribution is -0.117. The van der Waals surface area contributed by atoms with Crippen molar-refractivity contribution in [3.05, 3.63) is 15.9 Å². The molecule has 4 heteroatoms. The molecule has 0 aromatic carbocycles. The normalized spacial score (nSPS) is 10.7. The van der Waals surface area contributed by atoms with Gasteiger partial charge in [-0.15, -0.1) is 0 Å². The summed E-state index contributed by atoms with van der Waals surface area (Å²) in [5.41, 5.74) is 2.22. The summed E-state index contributed by atoms with van der Waals surface area (Å²) in [5.74, 6) is 0.226. The van der Waals surface area contributed by atoms with Gasteiger partial charge < -0.3 is 4.79 Å². The number of rotatable bonds is 5. The maximum absolute atomic E-state index is 11.0. The van der Waals surface area contributed by atoms with Crippen molar-refractivity contribution in [1.29, 1.82) is 0 Å². The minimum Gasteiger partial charge on any atom is -0.300 e. The van der Waals surface area contributed by atoms with Crippen molar-refractivity contribution in [2.24, 2.45) is 0 Å². The summed E-state index contributed by atoms with van der Waals surface area (Å²) in [5, 5.41) is 4.48. The van der Waals surface area contributed by atoms with E-state index < -0.39 is 0 Å². The van der Waals surface area contributed by atoms with Crippen LogP contribution in [0.4, 0.5) is 0 Å². The van der Waals surface area contributed by atoms with Crippen molar-refractivity contribution in [3.63, 3.8) is 0 Å². The summed E-state index contributed by atoms with van der Waals surface area (Å²) in [6.45, 7) is 6.63. The molecule has 1 aromatic rings. The van der Waals surface area contributed by atoms with Crippen molar-refractivity contribution >= 4 is 21.7 Å². The average Bonchev–Trinajstić information content (AvgIpc) is 2.51. The number of hydrogen-bond donors (Lipinski definition) is 0. The van der Waals surface area contributed by atoms with Crippen molar-refractivity contribution in [1.82, 2.24) is 9.78 Å². The molecule has 1 heterocycles. The summed E-state index contributed by atoms with van der Waals surface area (Å²) >= 11 is 3.56. The van der Waals surface area contributed by atoms with Crippen LogP contribution in [0.1, 0.15) is 38.6 Å². The Labute approximate surface area is 99.0 Å². The predicted octanol–water partition coefficient (Wildman–Crippen LogP) is 2.75. The third-order valence-electron chi connectivity index (χ3n) is 2.41. The van der Waals surface area contributed by atoms with Crippen LogP contribution in [0.25, 0.3) is 0 Å². The summed E-state index contributed by atoms with van der Waals surface area (Å²) in [6.07, 6.45) is 2.28. The number of ketones is 1. The predicted molar refractivity (Wildman–Crippen MR) is 64.0 cm³/mol. The number of aromatic nitrogens is 2. The van der Waals surface area contributed by atoms with E-state index in [0.29, 0.717) is 6.42 Å². The molecule has 84 valence electrons. The van der Waals surface area contributed by atoms with Crippen LogP contribution < -0.4 is 0 Å². The molecule has 0 unspecified atom stereocenters. The average molecular weight is 273 g/mol. The number of halogens is 1. The monoisotopic (exact) mass is 272 g/mol. The molecule has 0 atom stereocenters. The molecule has 0 aliphatic carbocycles. The zero-order valence-electron chi connectivity index (χ0n) is 9.51. The molecule has 0 N–H and O–H groups in total. The van der Waals surface area contributed by atoms with Crippen LogP contribution in [0.5, 0.6) is 0 Å². The molecular formula is C11H17BrN2O. The molecule has 3 nitrogen and oxygen atoms in total. The summed E-state index contributed by atoms with van der Waals surface area (Å²) in [4.78, 5) is 11.0. The minimum absolute atomic E-state index is 0.226. The van der Waals surface area contributed by atoms with Crippen molar-refractivity contribution in [2.75, 3.05) is 0 Å². The van der Waals surface area contributed by atoms with E-state index in [2.05, 4.69) is 34.9 Å². The fraction of sp³-hybridized carbons (Fsp3) is 0.636. The lowest BCUT2D eigenvalue weighted by Crippen LogP contribution is -2.05. The van der Waals surface area contributed by atoms with E-state index in [1.807, 2.05) is 4.68 Å². The second kappa shape index (κ2) is 5.45. The fourth-order valence-corrected chi connectivity index (χ4v) is 2.31. The molecule has 0 bridgehead atoms. The maximum Gasteiger partial charge on any atom is 0.130 e. The smallest absolute Gasteiger partial charge is 0.130 e. The van der Waals surface area contributed by atoms with E-state index in [0.717, 1.165) is 35.2 Å². The summed E-state index contributed by atoms with van der Waals surface area (Å²) < 4.78 is 3.05. The third kappa shape index (κ3) is 2.91. The Balaban J connectivity index is 2.92. The van der Waals surface area contributed by atoms with Gasteiger partial charge in [0.1, 0.15) is 5.78 Å². The number of Topliss-reactive ketones (excluding diaryl/α,β-unsaturated/α-hetero) is 1. The van der Waals surface area contributed by atoms with Crippen molar-refractivity contribution in [3.8, 4) is 0 Å². The Bertz CT molecular complexity index is 358. The molecule has 0 spiro atoms. The van der Waals surface area contributed by atoms with Crippen LogP contribution >= 0.6 is 15.9 Å². The van der Waals surface area contributed by atoms with E-state index in [1.165, 1.54) is 0 Å². The van der Waals surface area contributed by atoms with E-state index in [-0.39, 0.29) is 5.78 Å². The van der Waals surface area contributed by atoms with Crippen molar-refractivity contribution in [2.45, 2.75) is 46.6 Å². The molecule has 1 rings (SSSR count). The SMILES string of the molecule is CCc1nn(CC)c(CCC(C)=O)c1Br. The molecule has 1 aromatic heterocycles. The van der Waals surface area contributed by atoms with Crippen molar-refractivity contribution < 1.29 is 4.79 Å². The first-order valence-electron chi connectivity index (χ1n) is 5.33. The standard InChI is InChI=1S/C11H17BrN2O/c1-4-9-11(12)10(7-6-8(3)15)14(5-2)13-9/h4-7H2,1-3H3. The van der Waals surface area contributed by atoms with Crippen LogP contribution in [0.3, 0.4) is 0 Å². The Morgan fingerprint density at radius 2 is 2.13 bits per heavy atom. The van der Waals surface area contributed by atoms with Gasteiger partial charge in [-0.05, 0) is 42.6 Å². The van der Waals surface area contributed by atoms with Gasteiger partial charge in [-0.1, -0.05) is 6.92 Å². The largest absolute Gasteiger partial charge is 0.300 e. The number of carbonyl (C=O) groups excluding carboxylic acids is 1. The maximum atomic E-state index is 11.0. The van der Waals surface area contributed by atoms with Crippen LogP contribution in [-0.2, 0) is 24.2 Å². The zero-order valence-corrected chi connectivity index (χ0v) is 11.1. The molecular weight excluding hydrogens is 256 g/mol. The van der Waals surface area contributed by atoms with Gasteiger partial charge in [-0.25, -0.2) is 0 Å².